The Morgan fingerprint density at radius 1 is 0.944 bits per heavy atom. The third-order valence-corrected chi connectivity index (χ3v) is 2.89. The van der Waals surface area contributed by atoms with Crippen LogP contribution in [-0.4, -0.2) is 0 Å². The number of hydrogen-bond acceptors (Lipinski definition) is 1. The molecule has 2 N–H and O–H groups in total. The van der Waals surface area contributed by atoms with Crippen molar-refractivity contribution in [1.29, 1.82) is 0 Å². The fourth-order valence-electron chi connectivity index (χ4n) is 1.94. The van der Waals surface area contributed by atoms with Crippen LogP contribution >= 0.6 is 0 Å². The van der Waals surface area contributed by atoms with Crippen molar-refractivity contribution >= 4 is 0 Å². The van der Waals surface area contributed by atoms with Gasteiger partial charge in [-0.05, 0) is 36.1 Å². The summed E-state index contributed by atoms with van der Waals surface area (Å²) in [7, 11) is 0. The van der Waals surface area contributed by atoms with Crippen molar-refractivity contribution in [2.24, 2.45) is 5.73 Å². The minimum Gasteiger partial charge on any atom is -0.324 e. The second-order valence-corrected chi connectivity index (χ2v) is 4.33. The standard InChI is InChI=1S/C15H15F2N/c16-13-8-11(9-14(17)10-13)6-7-15(18)12-4-2-1-3-5-12/h1-5,8-10,15H,6-7,18H2. The molecule has 2 aromatic rings. The number of nitrogens with two attached hydrogens (primary N) is 1. The smallest absolute Gasteiger partial charge is 0.126 e. The largest absolute Gasteiger partial charge is 0.324 e. The van der Waals surface area contributed by atoms with Crippen LogP contribution < -0.4 is 5.73 Å². The van der Waals surface area contributed by atoms with E-state index in [-0.39, 0.29) is 6.04 Å². The zero-order valence-corrected chi connectivity index (χ0v) is 9.94. The van der Waals surface area contributed by atoms with Crippen LogP contribution in [0.1, 0.15) is 23.6 Å². The third-order valence-electron chi connectivity index (χ3n) is 2.89. The lowest BCUT2D eigenvalue weighted by molar-refractivity contribution is 0.575. The van der Waals surface area contributed by atoms with Crippen molar-refractivity contribution in [1.82, 2.24) is 0 Å². The molecule has 0 spiro atoms. The van der Waals surface area contributed by atoms with Crippen molar-refractivity contribution in [3.05, 3.63) is 71.3 Å². The predicted octanol–water partition coefficient (Wildman–Crippen LogP) is 3.60. The second-order valence-electron chi connectivity index (χ2n) is 4.33. The summed E-state index contributed by atoms with van der Waals surface area (Å²) in [4.78, 5) is 0. The molecule has 0 aliphatic carbocycles. The molecule has 0 heterocycles. The molecule has 2 aromatic carbocycles. The maximum atomic E-state index is 13.0. The Bertz CT molecular complexity index is 491. The normalized spacial score (nSPS) is 12.4. The van der Waals surface area contributed by atoms with Crippen LogP contribution in [0.4, 0.5) is 8.78 Å². The van der Waals surface area contributed by atoms with Crippen LogP contribution in [0.3, 0.4) is 0 Å². The van der Waals surface area contributed by atoms with Gasteiger partial charge in [-0.15, -0.1) is 0 Å². The van der Waals surface area contributed by atoms with E-state index < -0.39 is 11.6 Å². The summed E-state index contributed by atoms with van der Waals surface area (Å²) in [5.41, 5.74) is 7.71. The lowest BCUT2D eigenvalue weighted by Crippen LogP contribution is -2.11. The Labute approximate surface area is 105 Å². The van der Waals surface area contributed by atoms with Crippen LogP contribution in [-0.2, 0) is 6.42 Å². The number of hydrogen-bond donors (Lipinski definition) is 1. The van der Waals surface area contributed by atoms with E-state index >= 15 is 0 Å². The van der Waals surface area contributed by atoms with Crippen molar-refractivity contribution < 1.29 is 8.78 Å². The van der Waals surface area contributed by atoms with Gasteiger partial charge in [0.05, 0.1) is 0 Å². The average molecular weight is 247 g/mol. The summed E-state index contributed by atoms with van der Waals surface area (Å²) in [6.45, 7) is 0. The lowest BCUT2D eigenvalue weighted by atomic mass is 10.00. The fourth-order valence-corrected chi connectivity index (χ4v) is 1.94. The molecule has 0 radical (unpaired) electrons. The van der Waals surface area contributed by atoms with Gasteiger partial charge < -0.3 is 5.73 Å². The maximum Gasteiger partial charge on any atom is 0.126 e. The van der Waals surface area contributed by atoms with Crippen molar-refractivity contribution in [2.45, 2.75) is 18.9 Å². The number of halogens is 2. The van der Waals surface area contributed by atoms with Gasteiger partial charge in [-0.1, -0.05) is 30.3 Å². The molecule has 1 atom stereocenters. The maximum absolute atomic E-state index is 13.0. The third kappa shape index (κ3) is 3.37. The van der Waals surface area contributed by atoms with E-state index in [1.165, 1.54) is 12.1 Å². The zero-order chi connectivity index (χ0) is 13.0. The van der Waals surface area contributed by atoms with Gasteiger partial charge in [0, 0.05) is 12.1 Å². The fraction of sp³-hybridized carbons (Fsp3) is 0.200. The van der Waals surface area contributed by atoms with Crippen molar-refractivity contribution in [3.63, 3.8) is 0 Å². The van der Waals surface area contributed by atoms with Gasteiger partial charge in [-0.2, -0.15) is 0 Å². The van der Waals surface area contributed by atoms with E-state index in [0.717, 1.165) is 11.6 Å². The topological polar surface area (TPSA) is 26.0 Å². The first-order chi connectivity index (χ1) is 8.65. The van der Waals surface area contributed by atoms with E-state index in [9.17, 15) is 8.78 Å². The highest BCUT2D eigenvalue weighted by atomic mass is 19.1. The molecule has 2 rings (SSSR count). The van der Waals surface area contributed by atoms with E-state index in [4.69, 9.17) is 5.73 Å². The average Bonchev–Trinajstić information content (AvgIpc) is 2.36. The number of benzene rings is 2. The van der Waals surface area contributed by atoms with Gasteiger partial charge >= 0.3 is 0 Å². The lowest BCUT2D eigenvalue weighted by Gasteiger charge is -2.11. The Kier molecular flexibility index (Phi) is 4.05. The molecule has 0 aliphatic rings. The Morgan fingerprint density at radius 3 is 2.17 bits per heavy atom. The molecule has 0 saturated carbocycles. The van der Waals surface area contributed by atoms with Crippen LogP contribution in [0.25, 0.3) is 0 Å². The highest BCUT2D eigenvalue weighted by Gasteiger charge is 2.07. The molecule has 3 heteroatoms. The molecule has 0 aliphatic heterocycles. The molecule has 18 heavy (non-hydrogen) atoms. The van der Waals surface area contributed by atoms with E-state index in [2.05, 4.69) is 0 Å². The van der Waals surface area contributed by atoms with Gasteiger partial charge in [-0.3, -0.25) is 0 Å². The van der Waals surface area contributed by atoms with Crippen LogP contribution in [0.2, 0.25) is 0 Å². The Hall–Kier alpha value is -1.74. The number of rotatable bonds is 4. The predicted molar refractivity (Wildman–Crippen MR) is 68.0 cm³/mol. The van der Waals surface area contributed by atoms with Gasteiger partial charge in [-0.25, -0.2) is 8.78 Å². The van der Waals surface area contributed by atoms with Gasteiger partial charge in [0.15, 0.2) is 0 Å². The second kappa shape index (κ2) is 5.74. The van der Waals surface area contributed by atoms with Gasteiger partial charge in [0.1, 0.15) is 11.6 Å². The van der Waals surface area contributed by atoms with E-state index in [0.29, 0.717) is 18.4 Å². The highest BCUT2D eigenvalue weighted by molar-refractivity contribution is 5.21. The zero-order valence-electron chi connectivity index (χ0n) is 9.94. The monoisotopic (exact) mass is 247 g/mol. The molecule has 0 saturated heterocycles. The molecule has 0 aromatic heterocycles. The molecule has 0 fully saturated rings. The molecular formula is C15H15F2N. The minimum absolute atomic E-state index is 0.113. The van der Waals surface area contributed by atoms with Gasteiger partial charge in [0.2, 0.25) is 0 Å². The summed E-state index contributed by atoms with van der Waals surface area (Å²) in [6, 6.07) is 13.2. The first kappa shape index (κ1) is 12.7. The first-order valence-corrected chi connectivity index (χ1v) is 5.90. The molecule has 0 bridgehead atoms. The van der Waals surface area contributed by atoms with Crippen LogP contribution in [0, 0.1) is 11.6 Å². The van der Waals surface area contributed by atoms with Crippen molar-refractivity contribution in [3.8, 4) is 0 Å². The summed E-state index contributed by atoms with van der Waals surface area (Å²) < 4.78 is 26.0. The molecule has 1 nitrogen and oxygen atoms in total. The summed E-state index contributed by atoms with van der Waals surface area (Å²) in [6.07, 6.45) is 1.22. The molecule has 1 unspecified atom stereocenters. The van der Waals surface area contributed by atoms with Crippen molar-refractivity contribution in [2.75, 3.05) is 0 Å². The van der Waals surface area contributed by atoms with Gasteiger partial charge in [0.25, 0.3) is 0 Å². The molecular weight excluding hydrogens is 232 g/mol. The highest BCUT2D eigenvalue weighted by Crippen LogP contribution is 2.17. The number of aryl methyl sites for hydroxylation is 1. The van der Waals surface area contributed by atoms with E-state index in [1.54, 1.807) is 0 Å². The first-order valence-electron chi connectivity index (χ1n) is 5.90. The molecule has 94 valence electrons. The van der Waals surface area contributed by atoms with E-state index in [1.807, 2.05) is 30.3 Å². The summed E-state index contributed by atoms with van der Waals surface area (Å²) >= 11 is 0. The van der Waals surface area contributed by atoms with Crippen LogP contribution in [0.5, 0.6) is 0 Å². The quantitative estimate of drug-likeness (QED) is 0.877. The van der Waals surface area contributed by atoms with Crippen LogP contribution in [0.15, 0.2) is 48.5 Å². The minimum atomic E-state index is -0.543. The Balaban J connectivity index is 1.99. The summed E-state index contributed by atoms with van der Waals surface area (Å²) in [5, 5.41) is 0. The molecule has 0 amide bonds. The SMILES string of the molecule is NC(CCc1cc(F)cc(F)c1)c1ccccc1. The summed E-state index contributed by atoms with van der Waals surface area (Å²) in [5.74, 6) is -1.09. The Morgan fingerprint density at radius 2 is 1.56 bits per heavy atom.